The van der Waals surface area contributed by atoms with E-state index in [0.717, 1.165) is 24.0 Å². The lowest BCUT2D eigenvalue weighted by Crippen LogP contribution is -2.43. The predicted octanol–water partition coefficient (Wildman–Crippen LogP) is 2.57. The molecule has 0 saturated carbocycles. The monoisotopic (exact) mass is 298 g/mol. The van der Waals surface area contributed by atoms with E-state index >= 15 is 0 Å². The third-order valence-electron chi connectivity index (χ3n) is 3.34. The van der Waals surface area contributed by atoms with E-state index in [9.17, 15) is 8.42 Å². The van der Waals surface area contributed by atoms with Crippen LogP contribution in [0.25, 0.3) is 0 Å². The average Bonchev–Trinajstić information content (AvgIpc) is 2.30. The average molecular weight is 298 g/mol. The van der Waals surface area contributed by atoms with Crippen molar-refractivity contribution in [3.63, 3.8) is 0 Å². The van der Waals surface area contributed by atoms with Crippen molar-refractivity contribution in [2.75, 3.05) is 7.05 Å². The Bertz CT molecular complexity index is 551. The number of hydrogen-bond donors (Lipinski definition) is 2. The number of sulfonamides is 1. The zero-order valence-corrected chi connectivity index (χ0v) is 13.9. The second-order valence-corrected chi connectivity index (χ2v) is 7.46. The number of rotatable bonds is 7. The minimum atomic E-state index is -3.49. The molecule has 0 fully saturated rings. The molecular formula is C15H26N2O2S. The molecular weight excluding hydrogens is 272 g/mol. The van der Waals surface area contributed by atoms with Crippen LogP contribution in [0.4, 0.5) is 0 Å². The lowest BCUT2D eigenvalue weighted by Gasteiger charge is -2.26. The quantitative estimate of drug-likeness (QED) is 0.813. The lowest BCUT2D eigenvalue weighted by atomic mass is 10.0. The maximum absolute atomic E-state index is 12.6. The molecule has 0 aliphatic rings. The summed E-state index contributed by atoms with van der Waals surface area (Å²) in [5, 5.41) is 3.06. The van der Waals surface area contributed by atoms with Gasteiger partial charge in [-0.25, -0.2) is 13.1 Å². The maximum Gasteiger partial charge on any atom is 0.241 e. The summed E-state index contributed by atoms with van der Waals surface area (Å²) >= 11 is 0. The Balaban J connectivity index is 3.13. The van der Waals surface area contributed by atoms with Gasteiger partial charge in [-0.05, 0) is 51.4 Å². The van der Waals surface area contributed by atoms with E-state index in [1.54, 1.807) is 12.1 Å². The van der Waals surface area contributed by atoms with Crippen molar-refractivity contribution in [2.45, 2.75) is 57.5 Å². The van der Waals surface area contributed by atoms with Crippen molar-refractivity contribution in [3.05, 3.63) is 29.3 Å². The Morgan fingerprint density at radius 1 is 1.25 bits per heavy atom. The molecule has 114 valence electrons. The molecule has 0 amide bonds. The van der Waals surface area contributed by atoms with E-state index in [1.807, 2.05) is 33.9 Å². The molecule has 1 aromatic rings. The first kappa shape index (κ1) is 17.1. The first-order valence-corrected chi connectivity index (χ1v) is 8.49. The smallest absolute Gasteiger partial charge is 0.241 e. The fourth-order valence-electron chi connectivity index (χ4n) is 2.43. The van der Waals surface area contributed by atoms with E-state index in [0.29, 0.717) is 11.4 Å². The van der Waals surface area contributed by atoms with Crippen molar-refractivity contribution >= 4 is 10.0 Å². The summed E-state index contributed by atoms with van der Waals surface area (Å²) in [6.45, 7) is 8.40. The molecule has 0 aromatic heterocycles. The highest BCUT2D eigenvalue weighted by Gasteiger charge is 2.26. The van der Waals surface area contributed by atoms with Crippen LogP contribution in [-0.2, 0) is 16.6 Å². The van der Waals surface area contributed by atoms with E-state index in [1.165, 1.54) is 0 Å². The third-order valence-corrected chi connectivity index (χ3v) is 5.18. The third kappa shape index (κ3) is 4.30. The molecule has 0 saturated heterocycles. The summed E-state index contributed by atoms with van der Waals surface area (Å²) in [6.07, 6.45) is 1.75. The molecule has 5 heteroatoms. The van der Waals surface area contributed by atoms with Crippen LogP contribution in [0.2, 0.25) is 0 Å². The zero-order valence-electron chi connectivity index (χ0n) is 13.1. The van der Waals surface area contributed by atoms with E-state index in [-0.39, 0.29) is 0 Å². The van der Waals surface area contributed by atoms with Gasteiger partial charge in [-0.15, -0.1) is 0 Å². The SMILES string of the molecule is CCCC(C)(C)NS(=O)(=O)c1cccc(CNC)c1C. The molecule has 0 aliphatic carbocycles. The summed E-state index contributed by atoms with van der Waals surface area (Å²) in [5.41, 5.74) is 1.38. The summed E-state index contributed by atoms with van der Waals surface area (Å²) in [5.74, 6) is 0. The summed E-state index contributed by atoms with van der Waals surface area (Å²) < 4.78 is 27.9. The first-order valence-electron chi connectivity index (χ1n) is 7.00. The summed E-state index contributed by atoms with van der Waals surface area (Å²) in [7, 11) is -1.64. The van der Waals surface area contributed by atoms with Crippen molar-refractivity contribution in [3.8, 4) is 0 Å². The second-order valence-electron chi connectivity index (χ2n) is 5.81. The van der Waals surface area contributed by atoms with Gasteiger partial charge < -0.3 is 5.32 Å². The van der Waals surface area contributed by atoms with Gasteiger partial charge in [-0.3, -0.25) is 0 Å². The fourth-order valence-corrected chi connectivity index (χ4v) is 4.16. The molecule has 4 nitrogen and oxygen atoms in total. The Hall–Kier alpha value is -0.910. The van der Waals surface area contributed by atoms with Crippen molar-refractivity contribution in [1.82, 2.24) is 10.0 Å². The molecule has 20 heavy (non-hydrogen) atoms. The van der Waals surface area contributed by atoms with Gasteiger partial charge in [-0.1, -0.05) is 25.5 Å². The highest BCUT2D eigenvalue weighted by molar-refractivity contribution is 7.89. The van der Waals surface area contributed by atoms with Gasteiger partial charge in [-0.2, -0.15) is 0 Å². The molecule has 1 aromatic carbocycles. The lowest BCUT2D eigenvalue weighted by molar-refractivity contribution is 0.417. The van der Waals surface area contributed by atoms with Crippen LogP contribution in [-0.4, -0.2) is 21.0 Å². The highest BCUT2D eigenvalue weighted by Crippen LogP contribution is 2.22. The largest absolute Gasteiger partial charge is 0.316 e. The van der Waals surface area contributed by atoms with Crippen LogP contribution in [0.1, 0.15) is 44.7 Å². The van der Waals surface area contributed by atoms with Gasteiger partial charge in [0.25, 0.3) is 0 Å². The number of benzene rings is 1. The number of nitrogens with one attached hydrogen (secondary N) is 2. The van der Waals surface area contributed by atoms with Crippen LogP contribution in [0.5, 0.6) is 0 Å². The summed E-state index contributed by atoms with van der Waals surface area (Å²) in [4.78, 5) is 0.370. The van der Waals surface area contributed by atoms with Gasteiger partial charge in [0.15, 0.2) is 0 Å². The molecule has 0 radical (unpaired) electrons. The van der Waals surface area contributed by atoms with Crippen molar-refractivity contribution < 1.29 is 8.42 Å². The number of hydrogen-bond acceptors (Lipinski definition) is 3. The first-order chi connectivity index (χ1) is 9.23. The zero-order chi connectivity index (χ0) is 15.4. The molecule has 0 bridgehead atoms. The molecule has 2 N–H and O–H groups in total. The fraction of sp³-hybridized carbons (Fsp3) is 0.600. The van der Waals surface area contributed by atoms with E-state index in [4.69, 9.17) is 0 Å². The van der Waals surface area contributed by atoms with Crippen LogP contribution in [0.15, 0.2) is 23.1 Å². The minimum absolute atomic E-state index is 0.370. The minimum Gasteiger partial charge on any atom is -0.316 e. The topological polar surface area (TPSA) is 58.2 Å². The highest BCUT2D eigenvalue weighted by atomic mass is 32.2. The Kier molecular flexibility index (Phi) is 5.74. The van der Waals surface area contributed by atoms with Gasteiger partial charge in [0.05, 0.1) is 4.90 Å². The Morgan fingerprint density at radius 2 is 1.90 bits per heavy atom. The molecule has 0 heterocycles. The van der Waals surface area contributed by atoms with Crippen molar-refractivity contribution in [1.29, 1.82) is 0 Å². The molecule has 0 unspecified atom stereocenters. The summed E-state index contributed by atoms with van der Waals surface area (Å²) in [6, 6.07) is 5.40. The van der Waals surface area contributed by atoms with Gasteiger partial charge in [0.1, 0.15) is 0 Å². The molecule has 0 spiro atoms. The normalized spacial score (nSPS) is 12.7. The van der Waals surface area contributed by atoms with Gasteiger partial charge in [0.2, 0.25) is 10.0 Å². The van der Waals surface area contributed by atoms with Crippen LogP contribution in [0.3, 0.4) is 0 Å². The standard InChI is InChI=1S/C15H26N2O2S/c1-6-10-15(3,4)17-20(18,19)14-9-7-8-13(11-16-5)12(14)2/h7-9,16-17H,6,10-11H2,1-5H3. The molecule has 0 aliphatic heterocycles. The van der Waals surface area contributed by atoms with Gasteiger partial charge >= 0.3 is 0 Å². The maximum atomic E-state index is 12.6. The van der Waals surface area contributed by atoms with Crippen LogP contribution >= 0.6 is 0 Å². The van der Waals surface area contributed by atoms with Gasteiger partial charge in [0, 0.05) is 12.1 Å². The van der Waals surface area contributed by atoms with Crippen molar-refractivity contribution in [2.24, 2.45) is 0 Å². The van der Waals surface area contributed by atoms with Crippen LogP contribution < -0.4 is 10.0 Å². The van der Waals surface area contributed by atoms with E-state index < -0.39 is 15.6 Å². The molecule has 1 rings (SSSR count). The van der Waals surface area contributed by atoms with E-state index in [2.05, 4.69) is 17.0 Å². The Labute approximate surface area is 123 Å². The Morgan fingerprint density at radius 3 is 2.45 bits per heavy atom. The molecule has 0 atom stereocenters. The predicted molar refractivity (Wildman–Crippen MR) is 83.3 cm³/mol. The van der Waals surface area contributed by atoms with Crippen LogP contribution in [0, 0.1) is 6.92 Å². The second kappa shape index (κ2) is 6.70.